The van der Waals surface area contributed by atoms with Gasteiger partial charge in [-0.25, -0.2) is 0 Å². The first-order valence-electron chi connectivity index (χ1n) is 7.75. The van der Waals surface area contributed by atoms with Gasteiger partial charge in [-0.3, -0.25) is 4.79 Å². The normalized spacial score (nSPS) is 11.0. The number of amides is 1. The molecular weight excluding hydrogens is 276 g/mol. The van der Waals surface area contributed by atoms with Gasteiger partial charge in [-0.1, -0.05) is 29.8 Å². The molecular formula is C18H24N2O2. The van der Waals surface area contributed by atoms with Crippen LogP contribution in [-0.2, 0) is 11.3 Å². The molecule has 1 aromatic carbocycles. The van der Waals surface area contributed by atoms with Crippen molar-refractivity contribution in [3.05, 3.63) is 41.1 Å². The van der Waals surface area contributed by atoms with Crippen LogP contribution in [0.25, 0.3) is 11.3 Å². The van der Waals surface area contributed by atoms with Crippen molar-refractivity contribution in [3.63, 3.8) is 0 Å². The van der Waals surface area contributed by atoms with E-state index in [1.165, 1.54) is 5.56 Å². The van der Waals surface area contributed by atoms with Crippen LogP contribution in [0.15, 0.2) is 28.8 Å². The maximum atomic E-state index is 12.0. The molecule has 1 amide bonds. The molecule has 0 saturated carbocycles. The number of benzene rings is 1. The number of aromatic nitrogens is 1. The number of aryl methyl sites for hydroxylation is 2. The highest BCUT2D eigenvalue weighted by atomic mass is 16.5. The van der Waals surface area contributed by atoms with Gasteiger partial charge < -0.3 is 9.42 Å². The van der Waals surface area contributed by atoms with Crippen molar-refractivity contribution in [2.75, 3.05) is 0 Å². The van der Waals surface area contributed by atoms with Crippen LogP contribution in [0.2, 0.25) is 0 Å². The maximum Gasteiger partial charge on any atom is 0.222 e. The first-order valence-corrected chi connectivity index (χ1v) is 7.75. The van der Waals surface area contributed by atoms with Gasteiger partial charge in [0.05, 0.1) is 6.54 Å². The van der Waals surface area contributed by atoms with Crippen molar-refractivity contribution in [1.82, 2.24) is 10.1 Å². The predicted molar refractivity (Wildman–Crippen MR) is 87.4 cm³/mol. The number of carbonyl (C=O) groups excluding carboxylic acids is 1. The molecule has 0 N–H and O–H groups in total. The second kappa shape index (κ2) is 6.77. The fraction of sp³-hybridized carbons (Fsp3) is 0.444. The summed E-state index contributed by atoms with van der Waals surface area (Å²) >= 11 is 0. The summed E-state index contributed by atoms with van der Waals surface area (Å²) in [4.78, 5) is 13.8. The molecule has 1 heterocycles. The molecule has 0 aliphatic heterocycles. The minimum atomic E-state index is 0.131. The van der Waals surface area contributed by atoms with Gasteiger partial charge in [-0.05, 0) is 39.3 Å². The van der Waals surface area contributed by atoms with E-state index in [2.05, 4.69) is 37.2 Å². The van der Waals surface area contributed by atoms with Gasteiger partial charge in [-0.2, -0.15) is 0 Å². The molecule has 2 rings (SSSR count). The van der Waals surface area contributed by atoms with Crippen LogP contribution in [0.1, 0.15) is 44.0 Å². The lowest BCUT2D eigenvalue weighted by Gasteiger charge is -2.25. The van der Waals surface area contributed by atoms with Gasteiger partial charge in [0.15, 0.2) is 5.76 Å². The van der Waals surface area contributed by atoms with Crippen LogP contribution in [0, 0.1) is 13.8 Å². The molecule has 4 heteroatoms. The Bertz CT molecular complexity index is 659. The fourth-order valence-electron chi connectivity index (χ4n) is 2.45. The van der Waals surface area contributed by atoms with Crippen LogP contribution in [0.4, 0.5) is 0 Å². The molecule has 2 aromatic rings. The van der Waals surface area contributed by atoms with Crippen molar-refractivity contribution >= 4 is 5.91 Å². The number of hydrogen-bond acceptors (Lipinski definition) is 3. The van der Waals surface area contributed by atoms with Crippen molar-refractivity contribution < 1.29 is 9.32 Å². The highest BCUT2D eigenvalue weighted by molar-refractivity contribution is 5.76. The summed E-state index contributed by atoms with van der Waals surface area (Å²) in [5, 5.41) is 4.13. The van der Waals surface area contributed by atoms with E-state index in [-0.39, 0.29) is 11.9 Å². The summed E-state index contributed by atoms with van der Waals surface area (Å²) < 4.78 is 5.49. The minimum absolute atomic E-state index is 0.131. The zero-order valence-corrected chi connectivity index (χ0v) is 14.0. The fourth-order valence-corrected chi connectivity index (χ4v) is 2.45. The molecule has 0 aliphatic carbocycles. The standard InChI is InChI=1S/C18H24N2O2/c1-6-18(21)20(12(2)3)11-15-10-17(22-19-15)16-9-13(4)7-8-14(16)5/h7-10,12H,6,11H2,1-5H3. The maximum absolute atomic E-state index is 12.0. The third-order valence-corrected chi connectivity index (χ3v) is 3.80. The first-order chi connectivity index (χ1) is 10.4. The Kier molecular flexibility index (Phi) is 5.01. The van der Waals surface area contributed by atoms with E-state index in [1.807, 2.05) is 31.7 Å². The Morgan fingerprint density at radius 1 is 1.27 bits per heavy atom. The quantitative estimate of drug-likeness (QED) is 0.835. The molecule has 0 unspecified atom stereocenters. The molecule has 0 atom stereocenters. The molecule has 0 bridgehead atoms. The molecule has 0 fully saturated rings. The summed E-state index contributed by atoms with van der Waals surface area (Å²) in [5.74, 6) is 0.884. The lowest BCUT2D eigenvalue weighted by atomic mass is 10.0. The molecule has 1 aromatic heterocycles. The molecule has 4 nitrogen and oxygen atoms in total. The predicted octanol–water partition coefficient (Wildman–Crippen LogP) is 4.11. The van der Waals surface area contributed by atoms with E-state index >= 15 is 0 Å². The van der Waals surface area contributed by atoms with Crippen molar-refractivity contribution in [2.45, 2.75) is 53.6 Å². The second-order valence-electron chi connectivity index (χ2n) is 5.97. The van der Waals surface area contributed by atoms with E-state index in [1.54, 1.807) is 0 Å². The Hall–Kier alpha value is -2.10. The SMILES string of the molecule is CCC(=O)N(Cc1cc(-c2cc(C)ccc2C)on1)C(C)C. The summed E-state index contributed by atoms with van der Waals surface area (Å²) in [6.07, 6.45) is 0.500. The van der Waals surface area contributed by atoms with E-state index in [0.29, 0.717) is 13.0 Å². The van der Waals surface area contributed by atoms with Gasteiger partial charge in [0.25, 0.3) is 0 Å². The molecule has 0 saturated heterocycles. The van der Waals surface area contributed by atoms with Gasteiger partial charge >= 0.3 is 0 Å². The first kappa shape index (κ1) is 16.3. The Morgan fingerprint density at radius 2 is 2.00 bits per heavy atom. The van der Waals surface area contributed by atoms with E-state index < -0.39 is 0 Å². The van der Waals surface area contributed by atoms with Gasteiger partial charge in [0.1, 0.15) is 5.69 Å². The average Bonchev–Trinajstić information content (AvgIpc) is 2.94. The van der Waals surface area contributed by atoms with Crippen LogP contribution in [0.3, 0.4) is 0 Å². The topological polar surface area (TPSA) is 46.3 Å². The molecule has 118 valence electrons. The lowest BCUT2D eigenvalue weighted by Crippen LogP contribution is -2.35. The third kappa shape index (κ3) is 3.56. The molecule has 0 aliphatic rings. The largest absolute Gasteiger partial charge is 0.356 e. The van der Waals surface area contributed by atoms with Gasteiger partial charge in [-0.15, -0.1) is 0 Å². The number of nitrogens with zero attached hydrogens (tertiary/aromatic N) is 2. The van der Waals surface area contributed by atoms with Crippen LogP contribution >= 0.6 is 0 Å². The molecule has 0 radical (unpaired) electrons. The Labute approximate surface area is 132 Å². The average molecular weight is 300 g/mol. The number of hydrogen-bond donors (Lipinski definition) is 0. The number of rotatable bonds is 5. The van der Waals surface area contributed by atoms with Crippen molar-refractivity contribution in [2.24, 2.45) is 0 Å². The molecule has 0 spiro atoms. The number of carbonyl (C=O) groups is 1. The van der Waals surface area contributed by atoms with Gasteiger partial charge in [0, 0.05) is 24.1 Å². The van der Waals surface area contributed by atoms with E-state index in [4.69, 9.17) is 4.52 Å². The summed E-state index contributed by atoms with van der Waals surface area (Å²) in [7, 11) is 0. The highest BCUT2D eigenvalue weighted by Gasteiger charge is 2.18. The van der Waals surface area contributed by atoms with E-state index in [0.717, 1.165) is 22.6 Å². The monoisotopic (exact) mass is 300 g/mol. The van der Waals surface area contributed by atoms with Crippen LogP contribution in [-0.4, -0.2) is 22.0 Å². The van der Waals surface area contributed by atoms with Crippen molar-refractivity contribution in [3.8, 4) is 11.3 Å². The van der Waals surface area contributed by atoms with Crippen LogP contribution in [0.5, 0.6) is 0 Å². The van der Waals surface area contributed by atoms with Gasteiger partial charge in [0.2, 0.25) is 5.91 Å². The Balaban J connectivity index is 2.24. The summed E-state index contributed by atoms with van der Waals surface area (Å²) in [5.41, 5.74) is 4.17. The Morgan fingerprint density at radius 3 is 2.64 bits per heavy atom. The zero-order chi connectivity index (χ0) is 16.3. The third-order valence-electron chi connectivity index (χ3n) is 3.80. The zero-order valence-electron chi connectivity index (χ0n) is 14.0. The van der Waals surface area contributed by atoms with E-state index in [9.17, 15) is 4.79 Å². The lowest BCUT2D eigenvalue weighted by molar-refractivity contribution is -0.133. The second-order valence-corrected chi connectivity index (χ2v) is 5.97. The van der Waals surface area contributed by atoms with Crippen LogP contribution < -0.4 is 0 Å². The summed E-state index contributed by atoms with van der Waals surface area (Å²) in [6.45, 7) is 10.5. The summed E-state index contributed by atoms with van der Waals surface area (Å²) in [6, 6.07) is 8.33. The minimum Gasteiger partial charge on any atom is -0.356 e. The molecule has 22 heavy (non-hydrogen) atoms. The smallest absolute Gasteiger partial charge is 0.222 e. The van der Waals surface area contributed by atoms with Crippen molar-refractivity contribution in [1.29, 1.82) is 0 Å². The highest BCUT2D eigenvalue weighted by Crippen LogP contribution is 2.26.